The third-order valence-corrected chi connectivity index (χ3v) is 4.37. The number of aryl methyl sites for hydroxylation is 1. The van der Waals surface area contributed by atoms with Crippen molar-refractivity contribution < 1.29 is 9.72 Å². The fourth-order valence-electron chi connectivity index (χ4n) is 2.69. The Labute approximate surface area is 170 Å². The summed E-state index contributed by atoms with van der Waals surface area (Å²) in [5.41, 5.74) is 1.44. The van der Waals surface area contributed by atoms with E-state index in [1.54, 1.807) is 24.3 Å². The van der Waals surface area contributed by atoms with Crippen molar-refractivity contribution >= 4 is 28.9 Å². The highest BCUT2D eigenvalue weighted by Gasteiger charge is 2.09. The first kappa shape index (κ1) is 20.2. The fourth-order valence-corrected chi connectivity index (χ4v) is 2.82. The monoisotopic (exact) mass is 412 g/mol. The molecule has 3 aromatic rings. The molecular formula is C20H17ClN4O4. The lowest BCUT2D eigenvalue weighted by Gasteiger charge is -2.08. The molecule has 0 aliphatic carbocycles. The van der Waals surface area contributed by atoms with Crippen LogP contribution in [0.5, 0.6) is 0 Å². The van der Waals surface area contributed by atoms with E-state index in [0.717, 1.165) is 5.56 Å². The minimum atomic E-state index is -0.526. The Morgan fingerprint density at radius 3 is 2.62 bits per heavy atom. The van der Waals surface area contributed by atoms with E-state index in [1.807, 2.05) is 12.1 Å². The molecule has 0 aliphatic rings. The van der Waals surface area contributed by atoms with Gasteiger partial charge in [-0.25, -0.2) is 4.68 Å². The highest BCUT2D eigenvalue weighted by molar-refractivity contribution is 6.30. The Morgan fingerprint density at radius 2 is 1.90 bits per heavy atom. The van der Waals surface area contributed by atoms with E-state index >= 15 is 0 Å². The Hall–Kier alpha value is -3.52. The number of carbonyl (C=O) groups is 1. The van der Waals surface area contributed by atoms with Gasteiger partial charge in [0.15, 0.2) is 0 Å². The predicted molar refractivity (Wildman–Crippen MR) is 110 cm³/mol. The molecule has 148 valence electrons. The second-order valence-electron chi connectivity index (χ2n) is 6.25. The third kappa shape index (κ3) is 5.49. The number of nitro benzene ring substituents is 1. The number of nitrogens with zero attached hydrogens (tertiary/aromatic N) is 3. The molecule has 1 aromatic heterocycles. The summed E-state index contributed by atoms with van der Waals surface area (Å²) in [6, 6.07) is 15.9. The van der Waals surface area contributed by atoms with Gasteiger partial charge in [0.05, 0.1) is 10.6 Å². The van der Waals surface area contributed by atoms with Gasteiger partial charge in [0.1, 0.15) is 0 Å². The van der Waals surface area contributed by atoms with Crippen LogP contribution in [0, 0.1) is 10.1 Å². The van der Waals surface area contributed by atoms with Gasteiger partial charge in [-0.3, -0.25) is 19.7 Å². The molecule has 0 saturated heterocycles. The first-order valence-electron chi connectivity index (χ1n) is 8.81. The van der Waals surface area contributed by atoms with Crippen molar-refractivity contribution in [2.75, 3.05) is 5.32 Å². The second-order valence-corrected chi connectivity index (χ2v) is 6.68. The van der Waals surface area contributed by atoms with Crippen molar-refractivity contribution in [3.8, 4) is 11.3 Å². The van der Waals surface area contributed by atoms with Crippen LogP contribution in [-0.2, 0) is 11.3 Å². The van der Waals surface area contributed by atoms with Crippen LogP contribution in [0.4, 0.5) is 11.4 Å². The van der Waals surface area contributed by atoms with Gasteiger partial charge in [-0.1, -0.05) is 29.8 Å². The van der Waals surface area contributed by atoms with Gasteiger partial charge in [0.2, 0.25) is 5.91 Å². The van der Waals surface area contributed by atoms with Crippen LogP contribution in [0.1, 0.15) is 12.8 Å². The molecule has 2 aromatic carbocycles. The molecule has 0 aliphatic heterocycles. The Kier molecular flexibility index (Phi) is 6.36. The van der Waals surface area contributed by atoms with Gasteiger partial charge in [-0.15, -0.1) is 0 Å². The van der Waals surface area contributed by atoms with Gasteiger partial charge < -0.3 is 5.32 Å². The van der Waals surface area contributed by atoms with Crippen LogP contribution in [0.25, 0.3) is 11.3 Å². The summed E-state index contributed by atoms with van der Waals surface area (Å²) in [5, 5.41) is 18.4. The number of nitro groups is 1. The lowest BCUT2D eigenvalue weighted by Crippen LogP contribution is -2.23. The molecule has 3 rings (SSSR count). The minimum absolute atomic E-state index is 0.0995. The van der Waals surface area contributed by atoms with Gasteiger partial charge >= 0.3 is 0 Å². The maximum atomic E-state index is 12.1. The maximum absolute atomic E-state index is 12.1. The summed E-state index contributed by atoms with van der Waals surface area (Å²) < 4.78 is 1.31. The smallest absolute Gasteiger partial charge is 0.271 e. The molecule has 1 amide bonds. The first-order chi connectivity index (χ1) is 13.9. The zero-order valence-corrected chi connectivity index (χ0v) is 16.0. The number of hydrogen-bond donors (Lipinski definition) is 1. The van der Waals surface area contributed by atoms with E-state index < -0.39 is 4.92 Å². The molecule has 0 spiro atoms. The number of amides is 1. The standard InChI is InChI=1S/C20H17ClN4O4/c21-15-8-6-14(7-9-15)18-10-11-20(27)24(23-18)12-2-5-19(26)22-16-3-1-4-17(13-16)25(28)29/h1,3-4,6-11,13H,2,5,12H2,(H,22,26). The van der Waals surface area contributed by atoms with Gasteiger partial charge in [-0.2, -0.15) is 5.10 Å². The number of anilines is 1. The second kappa shape index (κ2) is 9.11. The zero-order valence-electron chi connectivity index (χ0n) is 15.2. The average Bonchev–Trinajstić information content (AvgIpc) is 2.70. The first-order valence-corrected chi connectivity index (χ1v) is 9.18. The highest BCUT2D eigenvalue weighted by atomic mass is 35.5. The van der Waals surface area contributed by atoms with E-state index in [0.29, 0.717) is 22.8 Å². The van der Waals surface area contributed by atoms with Crippen LogP contribution in [0.15, 0.2) is 65.5 Å². The molecule has 1 heterocycles. The van der Waals surface area contributed by atoms with E-state index in [-0.39, 0.29) is 30.1 Å². The molecule has 9 heteroatoms. The largest absolute Gasteiger partial charge is 0.326 e. The molecule has 1 N–H and O–H groups in total. The Morgan fingerprint density at radius 1 is 1.14 bits per heavy atom. The lowest BCUT2D eigenvalue weighted by atomic mass is 10.1. The number of hydrogen-bond acceptors (Lipinski definition) is 5. The predicted octanol–water partition coefficient (Wildman–Crippen LogP) is 3.89. The van der Waals surface area contributed by atoms with Crippen LogP contribution in [0.2, 0.25) is 5.02 Å². The van der Waals surface area contributed by atoms with E-state index in [4.69, 9.17) is 11.6 Å². The number of rotatable bonds is 7. The normalized spacial score (nSPS) is 10.5. The molecule has 29 heavy (non-hydrogen) atoms. The molecule has 0 fully saturated rings. The van der Waals surface area contributed by atoms with Gasteiger partial charge in [0, 0.05) is 47.4 Å². The zero-order chi connectivity index (χ0) is 20.8. The maximum Gasteiger partial charge on any atom is 0.271 e. The molecule has 0 radical (unpaired) electrons. The van der Waals surface area contributed by atoms with Crippen molar-refractivity contribution in [3.63, 3.8) is 0 Å². The molecule has 0 unspecified atom stereocenters. The number of carbonyl (C=O) groups excluding carboxylic acids is 1. The van der Waals surface area contributed by atoms with Crippen LogP contribution < -0.4 is 10.9 Å². The molecule has 0 bridgehead atoms. The van der Waals surface area contributed by atoms with Gasteiger partial charge in [0.25, 0.3) is 11.2 Å². The fraction of sp³-hybridized carbons (Fsp3) is 0.150. The van der Waals surface area contributed by atoms with Crippen LogP contribution in [-0.4, -0.2) is 20.6 Å². The summed E-state index contributed by atoms with van der Waals surface area (Å²) in [4.78, 5) is 34.4. The summed E-state index contributed by atoms with van der Waals surface area (Å²) in [7, 11) is 0. The van der Waals surface area contributed by atoms with Crippen LogP contribution in [0.3, 0.4) is 0 Å². The lowest BCUT2D eigenvalue weighted by molar-refractivity contribution is -0.384. The van der Waals surface area contributed by atoms with Crippen molar-refractivity contribution in [3.05, 3.63) is 86.2 Å². The number of aromatic nitrogens is 2. The minimum Gasteiger partial charge on any atom is -0.326 e. The summed E-state index contributed by atoms with van der Waals surface area (Å²) in [6.07, 6.45) is 0.528. The van der Waals surface area contributed by atoms with E-state index in [2.05, 4.69) is 10.4 Å². The Balaban J connectivity index is 1.60. The summed E-state index contributed by atoms with van der Waals surface area (Å²) in [6.45, 7) is 0.266. The number of nitrogens with one attached hydrogen (secondary N) is 1. The van der Waals surface area contributed by atoms with Crippen molar-refractivity contribution in [2.24, 2.45) is 0 Å². The topological polar surface area (TPSA) is 107 Å². The van der Waals surface area contributed by atoms with Crippen molar-refractivity contribution in [2.45, 2.75) is 19.4 Å². The van der Waals surface area contributed by atoms with Gasteiger partial charge in [-0.05, 0) is 30.7 Å². The summed E-state index contributed by atoms with van der Waals surface area (Å²) >= 11 is 5.89. The van der Waals surface area contributed by atoms with E-state index in [1.165, 1.54) is 28.9 Å². The Bertz CT molecular complexity index is 1100. The van der Waals surface area contributed by atoms with Crippen LogP contribution >= 0.6 is 11.6 Å². The number of halogens is 1. The highest BCUT2D eigenvalue weighted by Crippen LogP contribution is 2.19. The molecule has 0 atom stereocenters. The average molecular weight is 413 g/mol. The molecule has 8 nitrogen and oxygen atoms in total. The quantitative estimate of drug-likeness (QED) is 0.468. The SMILES string of the molecule is O=C(CCCn1nc(-c2ccc(Cl)cc2)ccc1=O)Nc1cccc([N+](=O)[O-])c1. The van der Waals surface area contributed by atoms with Crippen molar-refractivity contribution in [1.82, 2.24) is 9.78 Å². The van der Waals surface area contributed by atoms with Crippen molar-refractivity contribution in [1.29, 1.82) is 0 Å². The third-order valence-electron chi connectivity index (χ3n) is 4.12. The molecule has 0 saturated carbocycles. The van der Waals surface area contributed by atoms with E-state index in [9.17, 15) is 19.7 Å². The number of benzene rings is 2. The summed E-state index contributed by atoms with van der Waals surface area (Å²) in [5.74, 6) is -0.299. The number of non-ortho nitro benzene ring substituents is 1. The molecular weight excluding hydrogens is 396 g/mol.